The van der Waals surface area contributed by atoms with Gasteiger partial charge in [0.1, 0.15) is 5.75 Å². The van der Waals surface area contributed by atoms with Gasteiger partial charge in [0.25, 0.3) is 5.91 Å². The maximum atomic E-state index is 12.7. The monoisotopic (exact) mass is 373 g/mol. The van der Waals surface area contributed by atoms with Gasteiger partial charge in [0.15, 0.2) is 6.10 Å². The number of carbonyl (C=O) groups is 1. The number of aryl methyl sites for hydroxylation is 2. The number of benzene rings is 1. The van der Waals surface area contributed by atoms with Crippen LogP contribution in [0.1, 0.15) is 30.1 Å². The molecule has 2 heterocycles. The Morgan fingerprint density at radius 1 is 1.31 bits per heavy atom. The first-order chi connectivity index (χ1) is 12.5. The number of thiazole rings is 1. The minimum absolute atomic E-state index is 0.0630. The highest BCUT2D eigenvalue weighted by Crippen LogP contribution is 2.17. The van der Waals surface area contributed by atoms with E-state index in [0.29, 0.717) is 0 Å². The number of ether oxygens (including phenoxy) is 1. The number of carbonyl (C=O) groups excluding carboxylic acids is 1. The third-order valence-electron chi connectivity index (χ3n) is 4.62. The van der Waals surface area contributed by atoms with Gasteiger partial charge in [-0.1, -0.05) is 19.1 Å². The molecule has 1 atom stereocenters. The predicted octanol–water partition coefficient (Wildman–Crippen LogP) is 3.13. The van der Waals surface area contributed by atoms with E-state index < -0.39 is 6.10 Å². The molecular formula is C20H27N3O2S. The van der Waals surface area contributed by atoms with Gasteiger partial charge >= 0.3 is 0 Å². The number of nitrogens with zero attached hydrogens (tertiary/aromatic N) is 3. The number of aromatic nitrogens is 1. The summed E-state index contributed by atoms with van der Waals surface area (Å²) in [5.74, 6) is 0.813. The van der Waals surface area contributed by atoms with E-state index in [-0.39, 0.29) is 5.91 Å². The average molecular weight is 374 g/mol. The molecule has 3 rings (SSSR count). The van der Waals surface area contributed by atoms with Crippen LogP contribution in [0.15, 0.2) is 29.6 Å². The van der Waals surface area contributed by atoms with Crippen LogP contribution >= 0.6 is 11.3 Å². The van der Waals surface area contributed by atoms with Crippen LogP contribution in [0, 0.1) is 6.92 Å². The van der Waals surface area contributed by atoms with Crippen LogP contribution in [0.4, 0.5) is 0 Å². The lowest BCUT2D eigenvalue weighted by Crippen LogP contribution is -2.51. The summed E-state index contributed by atoms with van der Waals surface area (Å²) in [6, 6.07) is 7.82. The summed E-state index contributed by atoms with van der Waals surface area (Å²) in [4.78, 5) is 21.6. The Labute approximate surface area is 159 Å². The third kappa shape index (κ3) is 4.83. The van der Waals surface area contributed by atoms with Crippen molar-refractivity contribution in [3.63, 3.8) is 0 Å². The topological polar surface area (TPSA) is 45.7 Å². The molecule has 5 nitrogen and oxygen atoms in total. The Hall–Kier alpha value is -1.92. The SMILES string of the molecule is CCc1nc(CN2CCN(C(=O)C(C)Oc3cccc(C)c3)CC2)cs1. The van der Waals surface area contributed by atoms with Gasteiger partial charge in [0, 0.05) is 38.1 Å². The summed E-state index contributed by atoms with van der Waals surface area (Å²) in [6.07, 6.45) is 0.528. The number of hydrogen-bond donors (Lipinski definition) is 0. The van der Waals surface area contributed by atoms with Crippen molar-refractivity contribution in [2.24, 2.45) is 0 Å². The predicted molar refractivity (Wildman–Crippen MR) is 105 cm³/mol. The van der Waals surface area contributed by atoms with Gasteiger partial charge in [-0.15, -0.1) is 11.3 Å². The van der Waals surface area contributed by atoms with E-state index in [1.807, 2.05) is 43.0 Å². The van der Waals surface area contributed by atoms with Gasteiger partial charge in [-0.3, -0.25) is 9.69 Å². The summed E-state index contributed by atoms with van der Waals surface area (Å²) >= 11 is 1.73. The second-order valence-electron chi connectivity index (χ2n) is 6.76. The molecule has 1 aliphatic heterocycles. The zero-order chi connectivity index (χ0) is 18.5. The summed E-state index contributed by atoms with van der Waals surface area (Å²) < 4.78 is 5.83. The molecule has 0 radical (unpaired) electrons. The molecule has 2 aromatic rings. The van der Waals surface area contributed by atoms with E-state index in [1.54, 1.807) is 11.3 Å². The zero-order valence-electron chi connectivity index (χ0n) is 15.8. The number of hydrogen-bond acceptors (Lipinski definition) is 5. The molecule has 0 bridgehead atoms. The average Bonchev–Trinajstić information content (AvgIpc) is 3.09. The molecule has 1 unspecified atom stereocenters. The maximum absolute atomic E-state index is 12.7. The molecular weight excluding hydrogens is 346 g/mol. The van der Waals surface area contributed by atoms with Gasteiger partial charge in [-0.25, -0.2) is 4.98 Å². The Kier molecular flexibility index (Phi) is 6.27. The van der Waals surface area contributed by atoms with Gasteiger partial charge in [-0.05, 0) is 38.0 Å². The zero-order valence-corrected chi connectivity index (χ0v) is 16.6. The number of rotatable bonds is 6. The first kappa shape index (κ1) is 18.9. The van der Waals surface area contributed by atoms with Crippen molar-refractivity contribution in [3.8, 4) is 5.75 Å². The Bertz CT molecular complexity index is 738. The van der Waals surface area contributed by atoms with Crippen molar-refractivity contribution >= 4 is 17.2 Å². The summed E-state index contributed by atoms with van der Waals surface area (Å²) in [6.45, 7) is 10.1. The molecule has 0 N–H and O–H groups in total. The van der Waals surface area contributed by atoms with E-state index >= 15 is 0 Å². The highest BCUT2D eigenvalue weighted by Gasteiger charge is 2.26. The van der Waals surface area contributed by atoms with E-state index in [0.717, 1.165) is 56.2 Å². The molecule has 1 aliphatic rings. The number of piperazine rings is 1. The molecule has 0 spiro atoms. The molecule has 1 fully saturated rings. The maximum Gasteiger partial charge on any atom is 0.263 e. The lowest BCUT2D eigenvalue weighted by molar-refractivity contribution is -0.139. The van der Waals surface area contributed by atoms with Gasteiger partial charge < -0.3 is 9.64 Å². The molecule has 0 saturated carbocycles. The first-order valence-corrected chi connectivity index (χ1v) is 10.1. The van der Waals surface area contributed by atoms with Crippen LogP contribution in [0.2, 0.25) is 0 Å². The summed E-state index contributed by atoms with van der Waals surface area (Å²) in [7, 11) is 0. The van der Waals surface area contributed by atoms with E-state index in [4.69, 9.17) is 4.74 Å². The van der Waals surface area contributed by atoms with Crippen molar-refractivity contribution in [2.45, 2.75) is 39.8 Å². The van der Waals surface area contributed by atoms with Crippen molar-refractivity contribution in [2.75, 3.05) is 26.2 Å². The third-order valence-corrected chi connectivity index (χ3v) is 5.66. The van der Waals surface area contributed by atoms with E-state index in [2.05, 4.69) is 22.2 Å². The molecule has 6 heteroatoms. The standard InChI is InChI=1S/C20H27N3O2S/c1-4-19-21-17(14-26-19)13-22-8-10-23(11-9-22)20(24)16(3)25-18-7-5-6-15(2)12-18/h5-7,12,14,16H,4,8-11,13H2,1-3H3. The first-order valence-electron chi connectivity index (χ1n) is 9.23. The molecule has 0 aliphatic carbocycles. The van der Waals surface area contributed by atoms with Crippen LogP contribution in [0.3, 0.4) is 0 Å². The Morgan fingerprint density at radius 2 is 2.08 bits per heavy atom. The molecule has 1 saturated heterocycles. The highest BCUT2D eigenvalue weighted by molar-refractivity contribution is 7.09. The quantitative estimate of drug-likeness (QED) is 0.780. The molecule has 26 heavy (non-hydrogen) atoms. The van der Waals surface area contributed by atoms with Crippen LogP contribution in [-0.4, -0.2) is 53.0 Å². The number of amides is 1. The molecule has 1 aromatic carbocycles. The molecule has 1 aromatic heterocycles. The van der Waals surface area contributed by atoms with Crippen molar-refractivity contribution in [1.29, 1.82) is 0 Å². The van der Waals surface area contributed by atoms with E-state index in [1.165, 1.54) is 5.01 Å². The second kappa shape index (κ2) is 8.64. The fourth-order valence-electron chi connectivity index (χ4n) is 3.14. The minimum atomic E-state index is -0.464. The Morgan fingerprint density at radius 3 is 2.73 bits per heavy atom. The Balaban J connectivity index is 1.48. The van der Waals surface area contributed by atoms with Crippen LogP contribution < -0.4 is 4.74 Å². The lowest BCUT2D eigenvalue weighted by Gasteiger charge is -2.35. The largest absolute Gasteiger partial charge is 0.481 e. The van der Waals surface area contributed by atoms with Gasteiger partial charge in [0.2, 0.25) is 0 Å². The van der Waals surface area contributed by atoms with E-state index in [9.17, 15) is 4.79 Å². The van der Waals surface area contributed by atoms with Crippen LogP contribution in [-0.2, 0) is 17.8 Å². The molecule has 140 valence electrons. The highest BCUT2D eigenvalue weighted by atomic mass is 32.1. The second-order valence-corrected chi connectivity index (χ2v) is 7.71. The summed E-state index contributed by atoms with van der Waals surface area (Å²) in [5.41, 5.74) is 2.27. The fraction of sp³-hybridized carbons (Fsp3) is 0.500. The summed E-state index contributed by atoms with van der Waals surface area (Å²) in [5, 5.41) is 3.34. The normalized spacial score (nSPS) is 16.5. The molecule has 1 amide bonds. The van der Waals surface area contributed by atoms with Crippen molar-refractivity contribution < 1.29 is 9.53 Å². The smallest absolute Gasteiger partial charge is 0.263 e. The van der Waals surface area contributed by atoms with Gasteiger partial charge in [-0.2, -0.15) is 0 Å². The van der Waals surface area contributed by atoms with Gasteiger partial charge in [0.05, 0.1) is 10.7 Å². The van der Waals surface area contributed by atoms with Crippen molar-refractivity contribution in [1.82, 2.24) is 14.8 Å². The van der Waals surface area contributed by atoms with Crippen LogP contribution in [0.5, 0.6) is 5.75 Å². The minimum Gasteiger partial charge on any atom is -0.481 e. The lowest BCUT2D eigenvalue weighted by atomic mass is 10.2. The van der Waals surface area contributed by atoms with Crippen molar-refractivity contribution in [3.05, 3.63) is 45.9 Å². The fourth-order valence-corrected chi connectivity index (χ4v) is 3.88. The van der Waals surface area contributed by atoms with Crippen LogP contribution in [0.25, 0.3) is 0 Å².